The van der Waals surface area contributed by atoms with Crippen LogP contribution in [-0.2, 0) is 11.2 Å². The number of pyridine rings is 1. The van der Waals surface area contributed by atoms with Gasteiger partial charge in [0.25, 0.3) is 0 Å². The number of rotatable bonds is 5. The van der Waals surface area contributed by atoms with Gasteiger partial charge in [0, 0.05) is 10.5 Å². The number of carbonyl (C=O) groups excluding carboxylic acids is 1. The fraction of sp³-hybridized carbons (Fsp3) is 0.368. The molecule has 1 saturated carbocycles. The number of anilines is 2. The van der Waals surface area contributed by atoms with E-state index in [4.69, 9.17) is 0 Å². The average molecular weight is 388 g/mol. The van der Waals surface area contributed by atoms with Crippen LogP contribution in [0.15, 0.2) is 47.1 Å². The summed E-state index contributed by atoms with van der Waals surface area (Å²) in [5.41, 5.74) is 1.99. The predicted octanol–water partition coefficient (Wildman–Crippen LogP) is 4.77. The van der Waals surface area contributed by atoms with Gasteiger partial charge in [0.1, 0.15) is 5.82 Å². The second-order valence-corrected chi connectivity index (χ2v) is 7.18. The van der Waals surface area contributed by atoms with Gasteiger partial charge in [0.05, 0.1) is 18.3 Å². The van der Waals surface area contributed by atoms with Crippen LogP contribution in [0, 0.1) is 0 Å². The zero-order valence-electron chi connectivity index (χ0n) is 13.6. The Labute approximate surface area is 151 Å². The number of carbonyl (C=O) groups is 1. The van der Waals surface area contributed by atoms with Gasteiger partial charge in [-0.1, -0.05) is 47.3 Å². The molecule has 1 fully saturated rings. The Kier molecular flexibility index (Phi) is 5.86. The molecule has 0 unspecified atom stereocenters. The highest BCUT2D eigenvalue weighted by Crippen LogP contribution is 2.21. The Hall–Kier alpha value is -1.88. The number of aromatic nitrogens is 1. The molecule has 0 aliphatic heterocycles. The van der Waals surface area contributed by atoms with Crippen LogP contribution in [0.1, 0.15) is 37.7 Å². The molecule has 1 heterocycles. The molecule has 2 aromatic rings. The van der Waals surface area contributed by atoms with Crippen molar-refractivity contribution in [3.05, 3.63) is 52.6 Å². The maximum absolute atomic E-state index is 12.1. The van der Waals surface area contributed by atoms with Crippen LogP contribution in [0.3, 0.4) is 0 Å². The van der Waals surface area contributed by atoms with E-state index < -0.39 is 0 Å². The van der Waals surface area contributed by atoms with Crippen molar-refractivity contribution in [2.24, 2.45) is 0 Å². The van der Waals surface area contributed by atoms with E-state index >= 15 is 0 Å². The summed E-state index contributed by atoms with van der Waals surface area (Å²) in [4.78, 5) is 16.5. The van der Waals surface area contributed by atoms with Gasteiger partial charge in [-0.2, -0.15) is 0 Å². The van der Waals surface area contributed by atoms with E-state index in [1.54, 1.807) is 6.20 Å². The quantitative estimate of drug-likeness (QED) is 0.776. The maximum Gasteiger partial charge on any atom is 0.229 e. The third kappa shape index (κ3) is 5.06. The molecule has 1 aliphatic carbocycles. The van der Waals surface area contributed by atoms with Crippen LogP contribution in [-0.4, -0.2) is 16.9 Å². The third-order valence-corrected chi connectivity index (χ3v) is 4.75. The van der Waals surface area contributed by atoms with E-state index in [0.29, 0.717) is 18.3 Å². The van der Waals surface area contributed by atoms with Crippen LogP contribution in [0.25, 0.3) is 0 Å². The van der Waals surface area contributed by atoms with Gasteiger partial charge in [-0.25, -0.2) is 4.98 Å². The zero-order valence-corrected chi connectivity index (χ0v) is 15.2. The minimum absolute atomic E-state index is 0.0615. The van der Waals surface area contributed by atoms with E-state index in [1.165, 1.54) is 32.1 Å². The number of benzene rings is 1. The highest BCUT2D eigenvalue weighted by Gasteiger charge is 2.13. The van der Waals surface area contributed by atoms with Gasteiger partial charge in [-0.05, 0) is 42.7 Å². The molecule has 2 N–H and O–H groups in total. The molecular formula is C19H22BrN3O. The van der Waals surface area contributed by atoms with Gasteiger partial charge in [-0.3, -0.25) is 4.79 Å². The SMILES string of the molecule is O=C(Cc1cccc(Br)c1)Nc1ccc(NC2CCCCC2)cn1. The maximum atomic E-state index is 12.1. The largest absolute Gasteiger partial charge is 0.381 e. The molecular weight excluding hydrogens is 366 g/mol. The number of nitrogens with zero attached hydrogens (tertiary/aromatic N) is 1. The van der Waals surface area contributed by atoms with Gasteiger partial charge >= 0.3 is 0 Å². The summed E-state index contributed by atoms with van der Waals surface area (Å²) in [6, 6.07) is 12.1. The van der Waals surface area contributed by atoms with Crippen molar-refractivity contribution in [1.82, 2.24) is 4.98 Å². The minimum Gasteiger partial charge on any atom is -0.381 e. The Bertz CT molecular complexity index is 681. The lowest BCUT2D eigenvalue weighted by molar-refractivity contribution is -0.115. The fourth-order valence-electron chi connectivity index (χ4n) is 3.06. The number of amides is 1. The first kappa shape index (κ1) is 17.0. The summed E-state index contributed by atoms with van der Waals surface area (Å²) < 4.78 is 0.976. The van der Waals surface area contributed by atoms with Crippen molar-refractivity contribution in [1.29, 1.82) is 0 Å². The van der Waals surface area contributed by atoms with Gasteiger partial charge < -0.3 is 10.6 Å². The van der Waals surface area contributed by atoms with Crippen LogP contribution in [0.5, 0.6) is 0 Å². The normalized spacial score (nSPS) is 15.0. The Morgan fingerprint density at radius 2 is 2.00 bits per heavy atom. The van der Waals surface area contributed by atoms with Gasteiger partial charge in [0.15, 0.2) is 0 Å². The summed E-state index contributed by atoms with van der Waals surface area (Å²) in [5, 5.41) is 6.37. The summed E-state index contributed by atoms with van der Waals surface area (Å²) >= 11 is 3.42. The predicted molar refractivity (Wildman–Crippen MR) is 101 cm³/mol. The molecule has 0 atom stereocenters. The van der Waals surface area contributed by atoms with Crippen molar-refractivity contribution >= 4 is 33.3 Å². The van der Waals surface area contributed by atoms with E-state index in [-0.39, 0.29) is 5.91 Å². The van der Waals surface area contributed by atoms with Crippen LogP contribution >= 0.6 is 15.9 Å². The van der Waals surface area contributed by atoms with Crippen molar-refractivity contribution in [2.75, 3.05) is 10.6 Å². The number of halogens is 1. The third-order valence-electron chi connectivity index (χ3n) is 4.26. The molecule has 5 heteroatoms. The lowest BCUT2D eigenvalue weighted by atomic mass is 9.95. The highest BCUT2D eigenvalue weighted by molar-refractivity contribution is 9.10. The topological polar surface area (TPSA) is 54.0 Å². The van der Waals surface area contributed by atoms with E-state index in [9.17, 15) is 4.79 Å². The molecule has 4 nitrogen and oxygen atoms in total. The minimum atomic E-state index is -0.0615. The Morgan fingerprint density at radius 1 is 1.17 bits per heavy atom. The molecule has 1 amide bonds. The summed E-state index contributed by atoms with van der Waals surface area (Å²) in [5.74, 6) is 0.526. The number of hydrogen-bond acceptors (Lipinski definition) is 3. The van der Waals surface area contributed by atoms with Crippen molar-refractivity contribution in [3.8, 4) is 0 Å². The van der Waals surface area contributed by atoms with Gasteiger partial charge in [0.2, 0.25) is 5.91 Å². The van der Waals surface area contributed by atoms with E-state index in [1.807, 2.05) is 36.4 Å². The van der Waals surface area contributed by atoms with E-state index in [0.717, 1.165) is 15.7 Å². The van der Waals surface area contributed by atoms with Crippen LogP contribution < -0.4 is 10.6 Å². The molecule has 0 bridgehead atoms. The first-order valence-electron chi connectivity index (χ1n) is 8.46. The van der Waals surface area contributed by atoms with E-state index in [2.05, 4.69) is 31.5 Å². The van der Waals surface area contributed by atoms with Crippen molar-refractivity contribution in [3.63, 3.8) is 0 Å². The number of hydrogen-bond donors (Lipinski definition) is 2. The second kappa shape index (κ2) is 8.29. The molecule has 1 aromatic heterocycles. The molecule has 24 heavy (non-hydrogen) atoms. The summed E-state index contributed by atoms with van der Waals surface area (Å²) in [6.07, 6.45) is 8.53. The van der Waals surface area contributed by atoms with Gasteiger partial charge in [-0.15, -0.1) is 0 Å². The average Bonchev–Trinajstić information content (AvgIpc) is 2.57. The Balaban J connectivity index is 1.52. The molecule has 126 valence electrons. The van der Waals surface area contributed by atoms with Crippen molar-refractivity contribution < 1.29 is 4.79 Å². The van der Waals surface area contributed by atoms with Crippen molar-refractivity contribution in [2.45, 2.75) is 44.6 Å². The monoisotopic (exact) mass is 387 g/mol. The number of nitrogens with one attached hydrogen (secondary N) is 2. The smallest absolute Gasteiger partial charge is 0.229 e. The highest BCUT2D eigenvalue weighted by atomic mass is 79.9. The lowest BCUT2D eigenvalue weighted by Crippen LogP contribution is -2.22. The second-order valence-electron chi connectivity index (χ2n) is 6.27. The van der Waals surface area contributed by atoms with Crippen LogP contribution in [0.2, 0.25) is 0 Å². The van der Waals surface area contributed by atoms with Crippen LogP contribution in [0.4, 0.5) is 11.5 Å². The summed E-state index contributed by atoms with van der Waals surface area (Å²) in [6.45, 7) is 0. The zero-order chi connectivity index (χ0) is 16.8. The fourth-order valence-corrected chi connectivity index (χ4v) is 3.50. The molecule has 0 radical (unpaired) electrons. The summed E-state index contributed by atoms with van der Waals surface area (Å²) in [7, 11) is 0. The standard InChI is InChI=1S/C19H22BrN3O/c20-15-6-4-5-14(11-15)12-19(24)23-18-10-9-17(13-21-18)22-16-7-2-1-3-8-16/h4-6,9-11,13,16,22H,1-3,7-8,12H2,(H,21,23,24). The molecule has 1 aliphatic rings. The molecule has 0 spiro atoms. The lowest BCUT2D eigenvalue weighted by Gasteiger charge is -2.23. The first-order valence-corrected chi connectivity index (χ1v) is 9.25. The molecule has 0 saturated heterocycles. The molecule has 1 aromatic carbocycles. The molecule has 3 rings (SSSR count). The Morgan fingerprint density at radius 3 is 2.71 bits per heavy atom. The first-order chi connectivity index (χ1) is 11.7.